The number of nitrogens with one attached hydrogen (secondary N) is 1. The summed E-state index contributed by atoms with van der Waals surface area (Å²) in [5.41, 5.74) is 0.867. The molecule has 5 heteroatoms. The van der Waals surface area contributed by atoms with Crippen LogP contribution < -0.4 is 10.1 Å². The molecule has 1 aromatic carbocycles. The van der Waals surface area contributed by atoms with Crippen LogP contribution in [-0.4, -0.2) is 17.0 Å². The standard InChI is InChI=1S/C12H12ClN3O/c1-14-6-10-7-16-12(8-15-10)17-11-4-2-3-9(13)5-11/h2-5,7-8,14H,6H2,1H3. The summed E-state index contributed by atoms with van der Waals surface area (Å²) in [5, 5.41) is 3.63. The summed E-state index contributed by atoms with van der Waals surface area (Å²) in [4.78, 5) is 8.36. The number of aromatic nitrogens is 2. The van der Waals surface area contributed by atoms with Gasteiger partial charge in [0.25, 0.3) is 0 Å². The van der Waals surface area contributed by atoms with Gasteiger partial charge in [-0.1, -0.05) is 17.7 Å². The molecule has 2 rings (SSSR count). The van der Waals surface area contributed by atoms with Crippen molar-refractivity contribution in [3.05, 3.63) is 47.4 Å². The number of halogens is 1. The molecule has 17 heavy (non-hydrogen) atoms. The maximum Gasteiger partial charge on any atom is 0.237 e. The first kappa shape index (κ1) is 11.8. The Bertz CT molecular complexity index is 487. The Kier molecular flexibility index (Phi) is 3.90. The van der Waals surface area contributed by atoms with E-state index in [1.807, 2.05) is 19.2 Å². The molecule has 0 aliphatic heterocycles. The molecule has 0 unspecified atom stereocenters. The predicted molar refractivity (Wildman–Crippen MR) is 66.3 cm³/mol. The molecule has 0 bridgehead atoms. The molecule has 0 saturated carbocycles. The molecule has 0 spiro atoms. The van der Waals surface area contributed by atoms with Crippen molar-refractivity contribution in [2.24, 2.45) is 0 Å². The third kappa shape index (κ3) is 3.41. The first-order chi connectivity index (χ1) is 8.28. The van der Waals surface area contributed by atoms with Crippen LogP contribution in [0.5, 0.6) is 11.6 Å². The molecular formula is C12H12ClN3O. The van der Waals surface area contributed by atoms with Crippen LogP contribution in [0.1, 0.15) is 5.69 Å². The average molecular weight is 250 g/mol. The molecule has 0 saturated heterocycles. The van der Waals surface area contributed by atoms with E-state index in [1.165, 1.54) is 0 Å². The van der Waals surface area contributed by atoms with Crippen molar-refractivity contribution in [1.82, 2.24) is 15.3 Å². The van der Waals surface area contributed by atoms with Crippen molar-refractivity contribution in [3.8, 4) is 11.6 Å². The zero-order valence-electron chi connectivity index (χ0n) is 9.35. The lowest BCUT2D eigenvalue weighted by Crippen LogP contribution is -2.07. The molecule has 2 aromatic rings. The largest absolute Gasteiger partial charge is 0.437 e. The molecule has 0 amide bonds. The van der Waals surface area contributed by atoms with Gasteiger partial charge in [0.05, 0.1) is 18.1 Å². The Morgan fingerprint density at radius 1 is 1.29 bits per heavy atom. The molecule has 0 radical (unpaired) electrons. The lowest BCUT2D eigenvalue weighted by atomic mass is 10.3. The summed E-state index contributed by atoms with van der Waals surface area (Å²) in [6.45, 7) is 0.685. The maximum absolute atomic E-state index is 5.85. The van der Waals surface area contributed by atoms with Crippen molar-refractivity contribution in [3.63, 3.8) is 0 Å². The van der Waals surface area contributed by atoms with Crippen molar-refractivity contribution in [2.75, 3.05) is 7.05 Å². The fraction of sp³-hybridized carbons (Fsp3) is 0.167. The first-order valence-corrected chi connectivity index (χ1v) is 5.54. The number of benzene rings is 1. The number of hydrogen-bond acceptors (Lipinski definition) is 4. The highest BCUT2D eigenvalue weighted by molar-refractivity contribution is 6.30. The van der Waals surface area contributed by atoms with Crippen LogP contribution in [0.3, 0.4) is 0 Å². The lowest BCUT2D eigenvalue weighted by Gasteiger charge is -2.05. The highest BCUT2D eigenvalue weighted by Crippen LogP contribution is 2.21. The molecule has 4 nitrogen and oxygen atoms in total. The van der Waals surface area contributed by atoms with Gasteiger partial charge in [0.2, 0.25) is 5.88 Å². The topological polar surface area (TPSA) is 47.0 Å². The van der Waals surface area contributed by atoms with Gasteiger partial charge in [-0.3, -0.25) is 4.98 Å². The van der Waals surface area contributed by atoms with Crippen molar-refractivity contribution in [1.29, 1.82) is 0 Å². The summed E-state index contributed by atoms with van der Waals surface area (Å²) in [6, 6.07) is 7.15. The van der Waals surface area contributed by atoms with E-state index in [4.69, 9.17) is 16.3 Å². The summed E-state index contributed by atoms with van der Waals surface area (Å²) < 4.78 is 5.51. The summed E-state index contributed by atoms with van der Waals surface area (Å²) in [7, 11) is 1.86. The van der Waals surface area contributed by atoms with Crippen molar-refractivity contribution < 1.29 is 4.74 Å². The Labute approximate surface area is 105 Å². The fourth-order valence-electron chi connectivity index (χ4n) is 1.32. The second-order valence-corrected chi connectivity index (χ2v) is 3.87. The average Bonchev–Trinajstić information content (AvgIpc) is 2.32. The zero-order chi connectivity index (χ0) is 12.1. The molecule has 0 fully saturated rings. The SMILES string of the molecule is CNCc1cnc(Oc2cccc(Cl)c2)cn1. The van der Waals surface area contributed by atoms with Crippen molar-refractivity contribution >= 4 is 11.6 Å². The van der Waals surface area contributed by atoms with Crippen LogP contribution in [0.4, 0.5) is 0 Å². The number of hydrogen-bond donors (Lipinski definition) is 1. The van der Waals surface area contributed by atoms with E-state index in [2.05, 4.69) is 15.3 Å². The van der Waals surface area contributed by atoms with E-state index in [0.29, 0.717) is 23.2 Å². The van der Waals surface area contributed by atoms with E-state index < -0.39 is 0 Å². The smallest absolute Gasteiger partial charge is 0.237 e. The van der Waals surface area contributed by atoms with Crippen LogP contribution in [-0.2, 0) is 6.54 Å². The number of ether oxygens (including phenoxy) is 1. The van der Waals surface area contributed by atoms with Gasteiger partial charge in [0, 0.05) is 11.6 Å². The molecule has 1 N–H and O–H groups in total. The second kappa shape index (κ2) is 5.61. The second-order valence-electron chi connectivity index (χ2n) is 3.44. The van der Waals surface area contributed by atoms with Crippen LogP contribution >= 0.6 is 11.6 Å². The minimum Gasteiger partial charge on any atom is -0.437 e. The zero-order valence-corrected chi connectivity index (χ0v) is 10.1. The summed E-state index contributed by atoms with van der Waals surface area (Å²) >= 11 is 5.85. The van der Waals surface area contributed by atoms with Gasteiger partial charge in [-0.15, -0.1) is 0 Å². The van der Waals surface area contributed by atoms with Crippen LogP contribution in [0, 0.1) is 0 Å². The third-order valence-electron chi connectivity index (χ3n) is 2.06. The van der Waals surface area contributed by atoms with E-state index >= 15 is 0 Å². The van der Waals surface area contributed by atoms with Gasteiger partial charge in [0.1, 0.15) is 5.75 Å². The molecule has 1 aromatic heterocycles. The van der Waals surface area contributed by atoms with E-state index in [0.717, 1.165) is 5.69 Å². The number of nitrogens with zero attached hydrogens (tertiary/aromatic N) is 2. The van der Waals surface area contributed by atoms with Crippen LogP contribution in [0.2, 0.25) is 5.02 Å². The van der Waals surface area contributed by atoms with Gasteiger partial charge < -0.3 is 10.1 Å². The predicted octanol–water partition coefficient (Wildman–Crippen LogP) is 2.64. The molecule has 1 heterocycles. The van der Waals surface area contributed by atoms with Gasteiger partial charge in [-0.2, -0.15) is 0 Å². The summed E-state index contributed by atoms with van der Waals surface area (Å²) in [5.74, 6) is 1.10. The molecule has 0 atom stereocenters. The number of rotatable bonds is 4. The van der Waals surface area contributed by atoms with Gasteiger partial charge in [-0.05, 0) is 25.2 Å². The van der Waals surface area contributed by atoms with E-state index in [9.17, 15) is 0 Å². The lowest BCUT2D eigenvalue weighted by molar-refractivity contribution is 0.459. The normalized spacial score (nSPS) is 10.2. The van der Waals surface area contributed by atoms with E-state index in [-0.39, 0.29) is 0 Å². The molecule has 0 aliphatic rings. The highest BCUT2D eigenvalue weighted by atomic mass is 35.5. The van der Waals surface area contributed by atoms with E-state index in [1.54, 1.807) is 24.5 Å². The van der Waals surface area contributed by atoms with Crippen molar-refractivity contribution in [2.45, 2.75) is 6.54 Å². The third-order valence-corrected chi connectivity index (χ3v) is 2.29. The quantitative estimate of drug-likeness (QED) is 0.905. The minimum absolute atomic E-state index is 0.451. The molecular weight excluding hydrogens is 238 g/mol. The van der Waals surface area contributed by atoms with Gasteiger partial charge in [0.15, 0.2) is 0 Å². The first-order valence-electron chi connectivity index (χ1n) is 5.17. The molecule has 88 valence electrons. The fourth-order valence-corrected chi connectivity index (χ4v) is 1.50. The highest BCUT2D eigenvalue weighted by Gasteiger charge is 2.00. The molecule has 0 aliphatic carbocycles. The summed E-state index contributed by atoms with van der Waals surface area (Å²) in [6.07, 6.45) is 3.27. The Morgan fingerprint density at radius 2 is 2.18 bits per heavy atom. The Hall–Kier alpha value is -1.65. The minimum atomic E-state index is 0.451. The Morgan fingerprint density at radius 3 is 2.82 bits per heavy atom. The Balaban J connectivity index is 2.08. The van der Waals surface area contributed by atoms with Crippen LogP contribution in [0.25, 0.3) is 0 Å². The van der Waals surface area contributed by atoms with Gasteiger partial charge in [-0.25, -0.2) is 4.98 Å². The monoisotopic (exact) mass is 249 g/mol. The van der Waals surface area contributed by atoms with Gasteiger partial charge >= 0.3 is 0 Å². The maximum atomic E-state index is 5.85. The van der Waals surface area contributed by atoms with Crippen LogP contribution in [0.15, 0.2) is 36.7 Å².